The lowest BCUT2D eigenvalue weighted by molar-refractivity contribution is 0.397. The fourth-order valence-electron chi connectivity index (χ4n) is 3.31. The average molecular weight is 1300 g/mol. The Labute approximate surface area is 554 Å². The molecule has 11 heterocycles. The van der Waals surface area contributed by atoms with Crippen molar-refractivity contribution in [3.8, 4) is 0 Å². The van der Waals surface area contributed by atoms with Crippen molar-refractivity contribution in [3.05, 3.63) is 190 Å². The van der Waals surface area contributed by atoms with Gasteiger partial charge in [-0.15, -0.1) is 5.10 Å². The van der Waals surface area contributed by atoms with Gasteiger partial charge < -0.3 is 18.0 Å². The fourth-order valence-corrected chi connectivity index (χ4v) is 4.78. The lowest BCUT2D eigenvalue weighted by Gasteiger charge is -1.80. The van der Waals surface area contributed by atoms with Gasteiger partial charge >= 0.3 is 0 Å². The quantitative estimate of drug-likeness (QED) is 0.143. The lowest BCUT2D eigenvalue weighted by atomic mass is 10.3. The SMILES string of the molecule is CC.CC.CC.CC.CC.CC.CC.CC.CC.CC.CC.CC1=CCN=C1.Cc1ccn[nH]1.Cc1ccn[nH]1.Cc1ccno1.Cc1ccns1.Cc1ccon1.Cc1ccsn1.Cc1cnco1.Cc1cnoc1.Cc1cnsc1.Cc1nccnn1. The van der Waals surface area contributed by atoms with Crippen LogP contribution in [0.5, 0.6) is 0 Å². The van der Waals surface area contributed by atoms with E-state index in [0.29, 0.717) is 5.82 Å². The zero-order chi connectivity index (χ0) is 71.2. The third kappa shape index (κ3) is 99.9. The van der Waals surface area contributed by atoms with Gasteiger partial charge in [0.05, 0.1) is 42.7 Å². The summed E-state index contributed by atoms with van der Waals surface area (Å²) in [6.45, 7) is 66.2. The van der Waals surface area contributed by atoms with E-state index in [2.05, 4.69) is 101 Å². The first-order chi connectivity index (χ1) is 43.3. The standard InChI is InChI=1S/C5H7N.C4H5N3.2C4H6N2.4C4H5NO.3C4H5NS.11C2H6/c1-5-2-3-6-4-5;1-4-5-2-3-6-7-4;2*1-4-2-3-5-6-4;1-4-2-5-3-6-4;1-4-2-5-6-3-4;1-4-2-3-6-5-4;1-4-2-3-5-6-4;1-4-2-5-6-3-4;1-4-2-3-6-5-4;1-4-2-3-5-6-4;11*1-2/h2,4H,3H2,1H3;2-3H,1H3;2*2-3H,1H3,(H,5,6);7*2-3H,1H3;11*1-2H3. The number of nitrogens with zero attached hydrogens (tertiary/aromatic N) is 13. The van der Waals surface area contributed by atoms with E-state index >= 15 is 0 Å². The molecule has 0 amide bonds. The highest BCUT2D eigenvalue weighted by atomic mass is 32.1. The van der Waals surface area contributed by atoms with Gasteiger partial charge in [-0.25, -0.2) is 18.7 Å². The van der Waals surface area contributed by atoms with Crippen molar-refractivity contribution >= 4 is 40.8 Å². The highest BCUT2D eigenvalue weighted by Crippen LogP contribution is 1.99. The third-order valence-corrected chi connectivity index (χ3v) is 8.63. The summed E-state index contributed by atoms with van der Waals surface area (Å²) in [4.78, 5) is 12.7. The van der Waals surface area contributed by atoms with Crippen molar-refractivity contribution in [2.24, 2.45) is 4.99 Å². The Balaban J connectivity index is -0.0000000810. The van der Waals surface area contributed by atoms with Crippen LogP contribution < -0.4 is 0 Å². The summed E-state index contributed by atoms with van der Waals surface area (Å²) >= 11 is 4.51. The molecule has 0 aromatic carbocycles. The Kier molecular flexibility index (Phi) is 122. The molecule has 10 aromatic rings. The number of hydrogen-bond acceptors (Lipinski definition) is 20. The van der Waals surface area contributed by atoms with E-state index < -0.39 is 0 Å². The number of nitrogens with one attached hydrogen (secondary N) is 2. The lowest BCUT2D eigenvalue weighted by Crippen LogP contribution is -1.85. The summed E-state index contributed by atoms with van der Waals surface area (Å²) in [5, 5.41) is 34.5. The van der Waals surface area contributed by atoms with E-state index in [9.17, 15) is 0 Å². The van der Waals surface area contributed by atoms with E-state index in [1.165, 1.54) is 57.0 Å². The first-order valence-electron chi connectivity index (χ1n) is 31.1. The van der Waals surface area contributed by atoms with Gasteiger partial charge in [0.1, 0.15) is 29.9 Å². The molecule has 2 N–H and O–H groups in total. The van der Waals surface area contributed by atoms with Crippen LogP contribution in [0.2, 0.25) is 0 Å². The Morgan fingerprint density at radius 1 is 0.494 bits per heavy atom. The molecule has 0 atom stereocenters. The molecule has 0 radical (unpaired) electrons. The molecule has 10 aromatic heterocycles. The molecule has 22 heteroatoms. The largest absolute Gasteiger partial charge is 0.449 e. The first-order valence-corrected chi connectivity index (χ1v) is 33.5. The summed E-state index contributed by atoms with van der Waals surface area (Å²) in [5.41, 5.74) is 7.85. The number of aryl methyl sites for hydroxylation is 10. The Bertz CT molecular complexity index is 2020. The fraction of sp³-hybridized carbons (Fsp3) is 0.507. The Morgan fingerprint density at radius 3 is 1.19 bits per heavy atom. The summed E-state index contributed by atoms with van der Waals surface area (Å²) < 4.78 is 29.9. The Hall–Kier alpha value is -7.43. The van der Waals surface area contributed by atoms with Crippen LogP contribution in [0.1, 0.15) is 215 Å². The summed E-state index contributed by atoms with van der Waals surface area (Å²) in [6, 6.07) is 11.4. The smallest absolute Gasteiger partial charge is 0.180 e. The van der Waals surface area contributed by atoms with Gasteiger partial charge in [0.15, 0.2) is 6.39 Å². The topological polar surface area (TPSA) is 251 Å². The number of oxazole rings is 1. The number of H-pyrrole nitrogens is 2. The molecule has 0 saturated carbocycles. The number of aliphatic imine (C=N–C) groups is 1. The van der Waals surface area contributed by atoms with Crippen molar-refractivity contribution in [1.29, 1.82) is 0 Å². The summed E-state index contributed by atoms with van der Waals surface area (Å²) in [7, 11) is 0. The number of rotatable bonds is 0. The van der Waals surface area contributed by atoms with E-state index in [1.807, 2.05) is 262 Å². The zero-order valence-electron chi connectivity index (χ0n) is 61.6. The molecular weight excluding hydrogens is 1180 g/mol. The first kappa shape index (κ1) is 106. The number of aromatic nitrogens is 14. The predicted molar refractivity (Wildman–Crippen MR) is 389 cm³/mol. The monoisotopic (exact) mass is 1300 g/mol. The van der Waals surface area contributed by atoms with E-state index in [4.69, 9.17) is 4.42 Å². The van der Waals surface area contributed by atoms with Crippen molar-refractivity contribution < 1.29 is 18.0 Å². The number of allylic oxidation sites excluding steroid dienone is 1. The molecule has 0 aliphatic carbocycles. The van der Waals surface area contributed by atoms with Gasteiger partial charge in [0, 0.05) is 81.9 Å². The minimum atomic E-state index is 0.711. The molecule has 0 spiro atoms. The molecule has 1 aliphatic rings. The van der Waals surface area contributed by atoms with Crippen LogP contribution in [0.4, 0.5) is 0 Å². The maximum absolute atomic E-state index is 4.72. The summed E-state index contributed by atoms with van der Waals surface area (Å²) in [6.07, 6.45) is 23.8. The maximum atomic E-state index is 4.72. The van der Waals surface area contributed by atoms with Crippen molar-refractivity contribution in [1.82, 2.24) is 69.2 Å². The molecule has 0 saturated heterocycles. The molecule has 0 unspecified atom stereocenters. The van der Waals surface area contributed by atoms with E-state index in [1.54, 1.807) is 81.2 Å². The van der Waals surface area contributed by atoms with Gasteiger partial charge in [-0.05, 0) is 146 Å². The van der Waals surface area contributed by atoms with Crippen LogP contribution in [-0.4, -0.2) is 81.9 Å². The number of aromatic amines is 2. The van der Waals surface area contributed by atoms with Gasteiger partial charge in [0.2, 0.25) is 0 Å². The second kappa shape index (κ2) is 102. The van der Waals surface area contributed by atoms with Crippen molar-refractivity contribution in [2.75, 3.05) is 6.54 Å². The summed E-state index contributed by atoms with van der Waals surface area (Å²) in [5.74, 6) is 2.42. The van der Waals surface area contributed by atoms with Crippen molar-refractivity contribution in [3.63, 3.8) is 0 Å². The molecular formula is C67H125N15O4S3. The van der Waals surface area contributed by atoms with Gasteiger partial charge in [-0.1, -0.05) is 174 Å². The normalized spacial score (nSPS) is 8.03. The van der Waals surface area contributed by atoms with Crippen LogP contribution in [0, 0.1) is 69.2 Å². The van der Waals surface area contributed by atoms with Crippen LogP contribution in [0.25, 0.3) is 0 Å². The molecule has 89 heavy (non-hydrogen) atoms. The average Bonchev–Trinajstić information content (AvgIpc) is 4.42. The van der Waals surface area contributed by atoms with Crippen LogP contribution in [-0.2, 0) is 0 Å². The molecule has 0 bridgehead atoms. The van der Waals surface area contributed by atoms with Crippen molar-refractivity contribution in [2.45, 2.75) is 228 Å². The number of hydrogen-bond donors (Lipinski definition) is 2. The van der Waals surface area contributed by atoms with E-state index in [0.717, 1.165) is 46.4 Å². The van der Waals surface area contributed by atoms with Gasteiger partial charge in [-0.2, -0.15) is 19.7 Å². The third-order valence-electron chi connectivity index (χ3n) is 6.63. The second-order valence-electron chi connectivity index (χ2n) is 13.2. The second-order valence-corrected chi connectivity index (χ2v) is 15.5. The minimum absolute atomic E-state index is 0.711. The highest BCUT2D eigenvalue weighted by Gasteiger charge is 1.86. The molecule has 11 rings (SSSR count). The molecule has 0 fully saturated rings. The molecule has 510 valence electrons. The van der Waals surface area contributed by atoms with Gasteiger partial charge in [-0.3, -0.25) is 15.2 Å². The van der Waals surface area contributed by atoms with E-state index in [-0.39, 0.29) is 0 Å². The van der Waals surface area contributed by atoms with Crippen LogP contribution >= 0.6 is 34.6 Å². The minimum Gasteiger partial charge on any atom is -0.449 e. The zero-order valence-corrected chi connectivity index (χ0v) is 64.0. The Morgan fingerprint density at radius 2 is 1.07 bits per heavy atom. The maximum Gasteiger partial charge on any atom is 0.180 e. The van der Waals surface area contributed by atoms with Crippen LogP contribution in [0.3, 0.4) is 0 Å². The molecule has 1 aliphatic heterocycles. The predicted octanol–water partition coefficient (Wildman–Crippen LogP) is 22.2. The van der Waals surface area contributed by atoms with Crippen LogP contribution in [0.15, 0.2) is 156 Å². The highest BCUT2D eigenvalue weighted by molar-refractivity contribution is 7.05. The molecule has 19 nitrogen and oxygen atoms in total. The van der Waals surface area contributed by atoms with Gasteiger partial charge in [0.25, 0.3) is 0 Å².